The summed E-state index contributed by atoms with van der Waals surface area (Å²) in [6.07, 6.45) is -4.31. The van der Waals surface area contributed by atoms with Gasteiger partial charge in [0, 0.05) is 6.54 Å². The zero-order valence-corrected chi connectivity index (χ0v) is 16.2. The van der Waals surface area contributed by atoms with E-state index in [4.69, 9.17) is 4.42 Å². The molecule has 0 aliphatic heterocycles. The quantitative estimate of drug-likeness (QED) is 0.525. The Morgan fingerprint density at radius 1 is 1.14 bits per heavy atom. The normalized spacial score (nSPS) is 12.3. The second-order valence-corrected chi connectivity index (χ2v) is 6.22. The summed E-state index contributed by atoms with van der Waals surface area (Å²) in [7, 11) is 0. The SMILES string of the molecule is CCNC(=NCc1ccc(COCC(F)(F)F)cc1)NCc1nc(C)c(C)o1. The summed E-state index contributed by atoms with van der Waals surface area (Å²) in [4.78, 5) is 8.81. The monoisotopic (exact) mass is 398 g/mol. The first-order valence-corrected chi connectivity index (χ1v) is 8.94. The molecule has 0 unspecified atom stereocenters. The van der Waals surface area contributed by atoms with E-state index in [0.29, 0.717) is 37.0 Å². The van der Waals surface area contributed by atoms with Gasteiger partial charge >= 0.3 is 6.18 Å². The summed E-state index contributed by atoms with van der Waals surface area (Å²) >= 11 is 0. The lowest BCUT2D eigenvalue weighted by Gasteiger charge is -2.10. The van der Waals surface area contributed by atoms with Crippen LogP contribution in [0.15, 0.2) is 33.7 Å². The number of hydrogen-bond acceptors (Lipinski definition) is 4. The Hall–Kier alpha value is -2.55. The molecular weight excluding hydrogens is 373 g/mol. The number of aromatic nitrogens is 1. The predicted octanol–water partition coefficient (Wildman–Crippen LogP) is 3.63. The summed E-state index contributed by atoms with van der Waals surface area (Å²) in [5, 5.41) is 6.30. The molecule has 0 saturated heterocycles. The molecule has 2 rings (SSSR count). The second kappa shape index (κ2) is 10.1. The van der Waals surface area contributed by atoms with Crippen molar-refractivity contribution in [1.29, 1.82) is 0 Å². The van der Waals surface area contributed by atoms with Gasteiger partial charge in [0.05, 0.1) is 25.4 Å². The largest absolute Gasteiger partial charge is 0.444 e. The maximum atomic E-state index is 12.1. The molecule has 0 aliphatic rings. The lowest BCUT2D eigenvalue weighted by molar-refractivity contribution is -0.176. The molecule has 0 atom stereocenters. The Balaban J connectivity index is 1.87. The number of oxazole rings is 1. The van der Waals surface area contributed by atoms with Crippen LogP contribution in [0.5, 0.6) is 0 Å². The Morgan fingerprint density at radius 2 is 1.82 bits per heavy atom. The minimum Gasteiger partial charge on any atom is -0.444 e. The van der Waals surface area contributed by atoms with Crippen molar-refractivity contribution in [3.05, 3.63) is 52.7 Å². The van der Waals surface area contributed by atoms with Gasteiger partial charge in [-0.05, 0) is 31.9 Å². The van der Waals surface area contributed by atoms with Crippen LogP contribution in [0.25, 0.3) is 0 Å². The summed E-state index contributed by atoms with van der Waals surface area (Å²) in [5.74, 6) is 2.00. The number of guanidine groups is 1. The average Bonchev–Trinajstić information content (AvgIpc) is 2.95. The fraction of sp³-hybridized carbons (Fsp3) is 0.474. The van der Waals surface area contributed by atoms with Crippen LogP contribution in [0, 0.1) is 13.8 Å². The van der Waals surface area contributed by atoms with E-state index in [-0.39, 0.29) is 6.61 Å². The van der Waals surface area contributed by atoms with Gasteiger partial charge in [0.25, 0.3) is 0 Å². The van der Waals surface area contributed by atoms with Crippen molar-refractivity contribution in [2.75, 3.05) is 13.2 Å². The number of hydrogen-bond donors (Lipinski definition) is 2. The van der Waals surface area contributed by atoms with Crippen molar-refractivity contribution in [2.45, 2.75) is 46.6 Å². The van der Waals surface area contributed by atoms with Crippen LogP contribution >= 0.6 is 0 Å². The number of halogens is 3. The van der Waals surface area contributed by atoms with Crippen LogP contribution in [-0.4, -0.2) is 30.3 Å². The molecule has 6 nitrogen and oxygen atoms in total. The van der Waals surface area contributed by atoms with Crippen LogP contribution in [0.2, 0.25) is 0 Å². The summed E-state index contributed by atoms with van der Waals surface area (Å²) in [6, 6.07) is 7.11. The second-order valence-electron chi connectivity index (χ2n) is 6.22. The molecule has 0 amide bonds. The van der Waals surface area contributed by atoms with Crippen molar-refractivity contribution in [1.82, 2.24) is 15.6 Å². The topological polar surface area (TPSA) is 71.7 Å². The highest BCUT2D eigenvalue weighted by Crippen LogP contribution is 2.16. The third-order valence-electron chi connectivity index (χ3n) is 3.80. The van der Waals surface area contributed by atoms with Gasteiger partial charge in [0.2, 0.25) is 5.89 Å². The van der Waals surface area contributed by atoms with E-state index in [1.54, 1.807) is 12.1 Å². The standard InChI is InChI=1S/C19H25F3N4O2/c1-4-23-18(25-10-17-26-13(2)14(3)28-17)24-9-15-5-7-16(8-6-15)11-27-12-19(20,21)22/h5-8H,4,9-12H2,1-3H3,(H2,23,24,25). The average molecular weight is 398 g/mol. The first kappa shape index (κ1) is 21.7. The molecule has 1 aromatic carbocycles. The van der Waals surface area contributed by atoms with Gasteiger partial charge in [-0.3, -0.25) is 0 Å². The van der Waals surface area contributed by atoms with Crippen LogP contribution in [0.3, 0.4) is 0 Å². The Kier molecular flexibility index (Phi) is 7.86. The molecule has 2 N–H and O–H groups in total. The lowest BCUT2D eigenvalue weighted by atomic mass is 10.1. The number of alkyl halides is 3. The van der Waals surface area contributed by atoms with Gasteiger partial charge in [-0.2, -0.15) is 13.2 Å². The fourth-order valence-corrected chi connectivity index (χ4v) is 2.31. The minimum atomic E-state index is -4.31. The number of aliphatic imine (C=N–C) groups is 1. The van der Waals surface area contributed by atoms with E-state index >= 15 is 0 Å². The zero-order chi connectivity index (χ0) is 20.6. The van der Waals surface area contributed by atoms with E-state index in [2.05, 4.69) is 25.3 Å². The number of aryl methyl sites for hydroxylation is 2. The molecule has 154 valence electrons. The molecule has 0 spiro atoms. The molecule has 0 saturated carbocycles. The van der Waals surface area contributed by atoms with E-state index in [9.17, 15) is 13.2 Å². The Morgan fingerprint density at radius 3 is 2.39 bits per heavy atom. The molecule has 28 heavy (non-hydrogen) atoms. The van der Waals surface area contributed by atoms with Crippen molar-refractivity contribution in [2.24, 2.45) is 4.99 Å². The summed E-state index contributed by atoms with van der Waals surface area (Å²) in [6.45, 7) is 5.92. The smallest absolute Gasteiger partial charge is 0.411 e. The zero-order valence-electron chi connectivity index (χ0n) is 16.2. The number of nitrogens with zero attached hydrogens (tertiary/aromatic N) is 2. The van der Waals surface area contributed by atoms with Gasteiger partial charge in [-0.25, -0.2) is 9.98 Å². The van der Waals surface area contributed by atoms with Crippen molar-refractivity contribution in [3.63, 3.8) is 0 Å². The van der Waals surface area contributed by atoms with Crippen LogP contribution < -0.4 is 10.6 Å². The van der Waals surface area contributed by atoms with E-state index in [0.717, 1.165) is 17.0 Å². The molecule has 0 bridgehead atoms. The molecule has 1 heterocycles. The highest BCUT2D eigenvalue weighted by molar-refractivity contribution is 5.79. The number of ether oxygens (including phenoxy) is 1. The Bertz CT molecular complexity index is 751. The van der Waals surface area contributed by atoms with Gasteiger partial charge in [0.15, 0.2) is 5.96 Å². The third kappa shape index (κ3) is 7.59. The predicted molar refractivity (Wildman–Crippen MR) is 99.8 cm³/mol. The Labute approximate surface area is 162 Å². The molecule has 9 heteroatoms. The molecular formula is C19H25F3N4O2. The molecule has 1 aromatic heterocycles. The van der Waals surface area contributed by atoms with E-state index in [1.165, 1.54) is 0 Å². The third-order valence-corrected chi connectivity index (χ3v) is 3.80. The molecule has 2 aromatic rings. The van der Waals surface area contributed by atoms with Crippen LogP contribution in [0.1, 0.15) is 35.4 Å². The molecule has 0 aliphatic carbocycles. The van der Waals surface area contributed by atoms with Crippen molar-refractivity contribution < 1.29 is 22.3 Å². The first-order valence-electron chi connectivity index (χ1n) is 8.94. The summed E-state index contributed by atoms with van der Waals surface area (Å²) < 4.78 is 46.5. The lowest BCUT2D eigenvalue weighted by Crippen LogP contribution is -2.36. The highest BCUT2D eigenvalue weighted by Gasteiger charge is 2.27. The van der Waals surface area contributed by atoms with E-state index in [1.807, 2.05) is 32.9 Å². The fourth-order valence-electron chi connectivity index (χ4n) is 2.31. The van der Waals surface area contributed by atoms with Crippen LogP contribution in [0.4, 0.5) is 13.2 Å². The summed E-state index contributed by atoms with van der Waals surface area (Å²) in [5.41, 5.74) is 2.47. The maximum Gasteiger partial charge on any atom is 0.411 e. The van der Waals surface area contributed by atoms with Gasteiger partial charge in [-0.1, -0.05) is 24.3 Å². The van der Waals surface area contributed by atoms with E-state index < -0.39 is 12.8 Å². The maximum absolute atomic E-state index is 12.1. The van der Waals surface area contributed by atoms with Gasteiger partial charge in [-0.15, -0.1) is 0 Å². The van der Waals surface area contributed by atoms with Crippen molar-refractivity contribution >= 4 is 5.96 Å². The molecule has 0 radical (unpaired) electrons. The number of nitrogens with one attached hydrogen (secondary N) is 2. The number of rotatable bonds is 8. The molecule has 0 fully saturated rings. The van der Waals surface area contributed by atoms with Gasteiger partial charge < -0.3 is 19.8 Å². The number of benzene rings is 1. The van der Waals surface area contributed by atoms with Crippen LogP contribution in [-0.2, 0) is 24.4 Å². The van der Waals surface area contributed by atoms with Crippen molar-refractivity contribution in [3.8, 4) is 0 Å². The van der Waals surface area contributed by atoms with Gasteiger partial charge in [0.1, 0.15) is 12.4 Å². The highest BCUT2D eigenvalue weighted by atomic mass is 19.4. The first-order chi connectivity index (χ1) is 13.3. The minimum absolute atomic E-state index is 0.0811.